The topological polar surface area (TPSA) is 48.1 Å². The lowest BCUT2D eigenvalue weighted by atomic mass is 10.2. The molecule has 0 bridgehead atoms. The quantitative estimate of drug-likeness (QED) is 0.381. The number of rotatable bonds is 8. The first-order valence-electron chi connectivity index (χ1n) is 10.1. The molecule has 0 fully saturated rings. The van der Waals surface area contributed by atoms with E-state index < -0.39 is 0 Å². The summed E-state index contributed by atoms with van der Waals surface area (Å²) in [6, 6.07) is 22.3. The van der Waals surface area contributed by atoms with Gasteiger partial charge in [0.1, 0.15) is 5.75 Å². The van der Waals surface area contributed by atoms with Crippen LogP contribution in [0.25, 0.3) is 11.4 Å². The monoisotopic (exact) mass is 431 g/mol. The molecule has 2 aromatic carbocycles. The van der Waals surface area contributed by atoms with E-state index in [4.69, 9.17) is 22.1 Å². The minimum absolute atomic E-state index is 0.579. The van der Waals surface area contributed by atoms with E-state index in [-0.39, 0.29) is 0 Å². The summed E-state index contributed by atoms with van der Waals surface area (Å²) in [4.78, 5) is 6.32. The Morgan fingerprint density at radius 1 is 0.968 bits per heavy atom. The maximum Gasteiger partial charge on any atom is 0.199 e. The zero-order valence-corrected chi connectivity index (χ0v) is 18.5. The van der Waals surface area contributed by atoms with Crippen molar-refractivity contribution in [3.8, 4) is 17.1 Å². The molecule has 0 aliphatic heterocycles. The minimum Gasteiger partial charge on any atom is -0.497 e. The van der Waals surface area contributed by atoms with Gasteiger partial charge in [-0.05, 0) is 54.7 Å². The van der Waals surface area contributed by atoms with Crippen molar-refractivity contribution < 1.29 is 4.74 Å². The van der Waals surface area contributed by atoms with Crippen molar-refractivity contribution in [2.45, 2.75) is 19.8 Å². The molecule has 0 saturated carbocycles. The van der Waals surface area contributed by atoms with Gasteiger partial charge in [0.25, 0.3) is 0 Å². The second-order valence-corrected chi connectivity index (χ2v) is 7.79. The van der Waals surface area contributed by atoms with Crippen molar-refractivity contribution in [2.75, 3.05) is 14.2 Å². The number of pyridine rings is 1. The zero-order chi connectivity index (χ0) is 21.6. The molecule has 0 amide bonds. The lowest BCUT2D eigenvalue weighted by Gasteiger charge is -2.17. The van der Waals surface area contributed by atoms with Crippen LogP contribution < -0.4 is 4.74 Å². The molecule has 0 unspecified atom stereocenters. The molecular formula is C24H25N5OS. The lowest BCUT2D eigenvalue weighted by molar-refractivity contribution is 0.243. The normalized spacial score (nSPS) is 11.1. The smallest absolute Gasteiger partial charge is 0.199 e. The van der Waals surface area contributed by atoms with Gasteiger partial charge >= 0.3 is 0 Å². The summed E-state index contributed by atoms with van der Waals surface area (Å²) in [5.41, 5.74) is 3.34. The Morgan fingerprint density at radius 2 is 1.71 bits per heavy atom. The molecule has 0 saturated heterocycles. The molecule has 0 radical (unpaired) electrons. The van der Waals surface area contributed by atoms with E-state index in [0.717, 1.165) is 23.7 Å². The molecule has 6 nitrogen and oxygen atoms in total. The summed E-state index contributed by atoms with van der Waals surface area (Å²) >= 11 is 5.84. The Kier molecular flexibility index (Phi) is 6.54. The van der Waals surface area contributed by atoms with Gasteiger partial charge in [-0.1, -0.05) is 42.5 Å². The van der Waals surface area contributed by atoms with Gasteiger partial charge in [0.15, 0.2) is 10.6 Å². The molecule has 2 heterocycles. The van der Waals surface area contributed by atoms with Crippen molar-refractivity contribution in [2.24, 2.45) is 0 Å². The van der Waals surface area contributed by atoms with E-state index in [9.17, 15) is 0 Å². The Balaban J connectivity index is 1.62. The number of ether oxygens (including phenoxy) is 1. The first kappa shape index (κ1) is 21.0. The van der Waals surface area contributed by atoms with Gasteiger partial charge < -0.3 is 4.74 Å². The van der Waals surface area contributed by atoms with Gasteiger partial charge in [0.2, 0.25) is 0 Å². The Hall–Kier alpha value is -3.29. The fourth-order valence-electron chi connectivity index (χ4n) is 3.52. The third-order valence-corrected chi connectivity index (χ3v) is 5.44. The van der Waals surface area contributed by atoms with Crippen molar-refractivity contribution in [1.29, 1.82) is 0 Å². The molecule has 158 valence electrons. The van der Waals surface area contributed by atoms with E-state index >= 15 is 0 Å². The molecule has 0 spiro atoms. The second kappa shape index (κ2) is 9.68. The number of benzene rings is 2. The van der Waals surface area contributed by atoms with Gasteiger partial charge in [-0.2, -0.15) is 5.10 Å². The van der Waals surface area contributed by atoms with Crippen LogP contribution in [0.2, 0.25) is 0 Å². The average molecular weight is 432 g/mol. The van der Waals surface area contributed by atoms with Crippen molar-refractivity contribution >= 4 is 12.2 Å². The highest BCUT2D eigenvalue weighted by Gasteiger charge is 2.14. The van der Waals surface area contributed by atoms with Crippen LogP contribution in [-0.2, 0) is 19.8 Å². The number of aromatic nitrogens is 4. The minimum atomic E-state index is 0.579. The van der Waals surface area contributed by atoms with Gasteiger partial charge in [-0.3, -0.25) is 14.5 Å². The van der Waals surface area contributed by atoms with E-state index in [1.54, 1.807) is 19.5 Å². The molecule has 2 aromatic heterocycles. The van der Waals surface area contributed by atoms with Crippen LogP contribution in [-0.4, -0.2) is 38.4 Å². The third-order valence-electron chi connectivity index (χ3n) is 5.01. The number of hydrogen-bond donors (Lipinski definition) is 0. The van der Waals surface area contributed by atoms with Crippen molar-refractivity contribution in [3.63, 3.8) is 0 Å². The fourth-order valence-corrected chi connectivity index (χ4v) is 3.77. The molecule has 0 N–H and O–H groups in total. The van der Waals surface area contributed by atoms with Gasteiger partial charge in [-0.15, -0.1) is 0 Å². The van der Waals surface area contributed by atoms with Crippen molar-refractivity contribution in [1.82, 2.24) is 24.2 Å². The number of hydrogen-bond acceptors (Lipinski definition) is 5. The maximum atomic E-state index is 5.84. The fraction of sp³-hybridized carbons (Fsp3) is 0.208. The second-order valence-electron chi connectivity index (χ2n) is 7.42. The van der Waals surface area contributed by atoms with E-state index in [1.807, 2.05) is 53.2 Å². The first-order chi connectivity index (χ1) is 15.1. The van der Waals surface area contributed by atoms with Gasteiger partial charge in [0.05, 0.1) is 20.3 Å². The molecule has 0 aliphatic carbocycles. The molecule has 0 atom stereocenters. The third kappa shape index (κ3) is 5.07. The van der Waals surface area contributed by atoms with Crippen LogP contribution in [0.15, 0.2) is 79.1 Å². The van der Waals surface area contributed by atoms with Crippen LogP contribution in [0.1, 0.15) is 11.1 Å². The summed E-state index contributed by atoms with van der Waals surface area (Å²) < 4.78 is 9.99. The molecular weight excluding hydrogens is 406 g/mol. The van der Waals surface area contributed by atoms with Gasteiger partial charge in [0, 0.05) is 24.5 Å². The van der Waals surface area contributed by atoms with E-state index in [2.05, 4.69) is 39.7 Å². The molecule has 7 heteroatoms. The lowest BCUT2D eigenvalue weighted by Crippen LogP contribution is -2.22. The SMILES string of the molecule is COc1cccc(CN(C)Cn2nc(-c3ccncc3)n(Cc3ccccc3)c2=S)c1. The number of methoxy groups -OCH3 is 1. The van der Waals surface area contributed by atoms with Crippen LogP contribution in [0.4, 0.5) is 0 Å². The summed E-state index contributed by atoms with van der Waals surface area (Å²) in [5, 5.41) is 4.87. The zero-order valence-electron chi connectivity index (χ0n) is 17.7. The number of nitrogens with zero attached hydrogens (tertiary/aromatic N) is 5. The van der Waals surface area contributed by atoms with E-state index in [0.29, 0.717) is 18.0 Å². The Morgan fingerprint density at radius 3 is 2.45 bits per heavy atom. The largest absolute Gasteiger partial charge is 0.497 e. The summed E-state index contributed by atoms with van der Waals surface area (Å²) in [6.07, 6.45) is 3.55. The molecule has 0 aliphatic rings. The van der Waals surface area contributed by atoms with Crippen LogP contribution in [0.5, 0.6) is 5.75 Å². The predicted molar refractivity (Wildman–Crippen MR) is 124 cm³/mol. The Labute approximate surface area is 187 Å². The molecule has 4 aromatic rings. The molecule has 4 rings (SSSR count). The summed E-state index contributed by atoms with van der Waals surface area (Å²) in [5.74, 6) is 1.70. The van der Waals surface area contributed by atoms with Crippen LogP contribution in [0, 0.1) is 4.77 Å². The molecule has 31 heavy (non-hydrogen) atoms. The standard InChI is InChI=1S/C24H25N5OS/c1-27(16-20-9-6-10-22(15-20)30-2)18-29-24(31)28(17-19-7-4-3-5-8-19)23(26-29)21-11-13-25-14-12-21/h3-15H,16-18H2,1-2H3. The predicted octanol–water partition coefficient (Wildman–Crippen LogP) is 4.62. The van der Waals surface area contributed by atoms with Crippen molar-refractivity contribution in [3.05, 3.63) is 95.0 Å². The highest BCUT2D eigenvalue weighted by molar-refractivity contribution is 7.71. The highest BCUT2D eigenvalue weighted by atomic mass is 32.1. The summed E-state index contributed by atoms with van der Waals surface area (Å²) in [6.45, 7) is 2.00. The summed E-state index contributed by atoms with van der Waals surface area (Å²) in [7, 11) is 3.74. The first-order valence-corrected chi connectivity index (χ1v) is 10.5. The van der Waals surface area contributed by atoms with Crippen LogP contribution >= 0.6 is 12.2 Å². The maximum absolute atomic E-state index is 5.84. The van der Waals surface area contributed by atoms with Crippen LogP contribution in [0.3, 0.4) is 0 Å². The van der Waals surface area contributed by atoms with E-state index in [1.165, 1.54) is 11.1 Å². The highest BCUT2D eigenvalue weighted by Crippen LogP contribution is 2.20. The average Bonchev–Trinajstić information content (AvgIpc) is 3.10. The van der Waals surface area contributed by atoms with Gasteiger partial charge in [-0.25, -0.2) is 4.68 Å². The Bertz CT molecular complexity index is 1190.